The first-order valence-electron chi connectivity index (χ1n) is 20.5. The molecule has 0 radical (unpaired) electrons. The normalized spacial score (nSPS) is 17.7. The minimum absolute atomic E-state index is 0.0504. The molecule has 320 valence electrons. The van der Waals surface area contributed by atoms with Crippen LogP contribution in [0.25, 0.3) is 16.5 Å². The van der Waals surface area contributed by atoms with Gasteiger partial charge in [0.25, 0.3) is 15.9 Å². The van der Waals surface area contributed by atoms with Crippen LogP contribution in [-0.2, 0) is 14.8 Å². The van der Waals surface area contributed by atoms with Gasteiger partial charge in [0.15, 0.2) is 0 Å². The Morgan fingerprint density at radius 1 is 1.03 bits per heavy atom. The van der Waals surface area contributed by atoms with Crippen LogP contribution in [0.4, 0.5) is 17.2 Å². The fourth-order valence-corrected chi connectivity index (χ4v) is 9.37. The standard InChI is InChI=1S/C44H49ClN8O7S/c1-44(2)15-12-31(36(24-44)30-6-8-32(45)9-7-30)28-51-16-18-52(19-17-51)33-10-11-35(41(22-33)60-40-5-3-4-38-37(40)27-48-49-38)43(54)50-61(57,58)34-23-39(53(55)56)42(47-26-34)46-25-29-13-20-59-21-14-29/h3-11,22-23,26-27,29H,12-21,24-25,28H2,1-2H3,(H,46,47)(H,48,49)(H,50,54). The van der Waals surface area contributed by atoms with Gasteiger partial charge >= 0.3 is 5.69 Å². The molecule has 3 aromatic carbocycles. The maximum atomic E-state index is 13.9. The summed E-state index contributed by atoms with van der Waals surface area (Å²) in [5, 5.41) is 23.5. The number of carbonyl (C=O) groups excluding carboxylic acids is 1. The van der Waals surface area contributed by atoms with E-state index in [-0.39, 0.29) is 28.5 Å². The number of H-pyrrole nitrogens is 1. The van der Waals surface area contributed by atoms with Gasteiger partial charge in [-0.15, -0.1) is 0 Å². The van der Waals surface area contributed by atoms with Gasteiger partial charge in [-0.3, -0.25) is 24.9 Å². The van der Waals surface area contributed by atoms with E-state index in [0.29, 0.717) is 36.4 Å². The number of ether oxygens (including phenoxy) is 2. The van der Waals surface area contributed by atoms with Crippen LogP contribution < -0.4 is 19.7 Å². The van der Waals surface area contributed by atoms with E-state index in [2.05, 4.69) is 61.0 Å². The number of piperazine rings is 1. The number of nitro groups is 1. The van der Waals surface area contributed by atoms with Crippen LogP contribution in [0.15, 0.2) is 89.6 Å². The van der Waals surface area contributed by atoms with Gasteiger partial charge in [0.1, 0.15) is 16.4 Å². The molecule has 17 heteroatoms. The lowest BCUT2D eigenvalue weighted by Gasteiger charge is -2.39. The summed E-state index contributed by atoms with van der Waals surface area (Å²) in [5.74, 6) is -0.261. The summed E-state index contributed by atoms with van der Waals surface area (Å²) in [6.45, 7) is 10.2. The zero-order valence-corrected chi connectivity index (χ0v) is 35.7. The van der Waals surface area contributed by atoms with E-state index in [1.165, 1.54) is 22.8 Å². The monoisotopic (exact) mass is 868 g/mol. The van der Waals surface area contributed by atoms with Crippen LogP contribution in [0, 0.1) is 21.4 Å². The van der Waals surface area contributed by atoms with E-state index in [1.54, 1.807) is 30.5 Å². The van der Waals surface area contributed by atoms with Gasteiger partial charge in [-0.25, -0.2) is 18.1 Å². The molecule has 3 N–H and O–H groups in total. The van der Waals surface area contributed by atoms with Crippen molar-refractivity contribution in [2.45, 2.75) is 50.8 Å². The van der Waals surface area contributed by atoms with E-state index in [1.807, 2.05) is 18.2 Å². The number of nitrogens with one attached hydrogen (secondary N) is 3. The first kappa shape index (κ1) is 42.2. The van der Waals surface area contributed by atoms with Gasteiger partial charge in [-0.2, -0.15) is 5.10 Å². The summed E-state index contributed by atoms with van der Waals surface area (Å²) >= 11 is 6.24. The number of rotatable bonds is 13. The zero-order chi connectivity index (χ0) is 42.7. The third kappa shape index (κ3) is 9.83. The van der Waals surface area contributed by atoms with Crippen LogP contribution in [0.5, 0.6) is 11.5 Å². The molecule has 1 aliphatic carbocycles. The van der Waals surface area contributed by atoms with Crippen LogP contribution in [0.1, 0.15) is 61.9 Å². The van der Waals surface area contributed by atoms with Crippen molar-refractivity contribution in [1.82, 2.24) is 24.8 Å². The highest BCUT2D eigenvalue weighted by molar-refractivity contribution is 7.90. The number of hydrogen-bond acceptors (Lipinski definition) is 12. The number of sulfonamides is 1. The second-order valence-electron chi connectivity index (χ2n) is 16.7. The van der Waals surface area contributed by atoms with Gasteiger partial charge in [-0.05, 0) is 91.0 Å². The van der Waals surface area contributed by atoms with Gasteiger partial charge < -0.3 is 19.7 Å². The smallest absolute Gasteiger partial charge is 0.312 e. The van der Waals surface area contributed by atoms with Crippen molar-refractivity contribution in [2.24, 2.45) is 11.3 Å². The van der Waals surface area contributed by atoms with Crippen LogP contribution in [0.2, 0.25) is 5.02 Å². The lowest BCUT2D eigenvalue weighted by atomic mass is 9.72. The van der Waals surface area contributed by atoms with E-state index < -0.39 is 31.4 Å². The number of aromatic nitrogens is 3. The number of aromatic amines is 1. The molecule has 61 heavy (non-hydrogen) atoms. The molecule has 4 heterocycles. The quantitative estimate of drug-likeness (QED) is 0.0765. The summed E-state index contributed by atoms with van der Waals surface area (Å²) in [6, 6.07) is 19.5. The van der Waals surface area contributed by atoms with Gasteiger partial charge in [-0.1, -0.05) is 49.2 Å². The topological polar surface area (TPSA) is 185 Å². The summed E-state index contributed by atoms with van der Waals surface area (Å²) in [6.07, 6.45) is 7.39. The molecule has 0 saturated carbocycles. The second kappa shape index (κ2) is 17.8. The third-order valence-corrected chi connectivity index (χ3v) is 13.4. The molecular formula is C44H49ClN8O7S. The molecule has 2 fully saturated rings. The van der Waals surface area contributed by atoms with Crippen molar-refractivity contribution in [3.63, 3.8) is 0 Å². The largest absolute Gasteiger partial charge is 0.456 e. The number of nitrogens with zero attached hydrogens (tertiary/aromatic N) is 5. The van der Waals surface area contributed by atoms with Gasteiger partial charge in [0.2, 0.25) is 5.82 Å². The Bertz CT molecular complexity index is 2570. The fourth-order valence-electron chi connectivity index (χ4n) is 8.31. The van der Waals surface area contributed by atoms with Gasteiger partial charge in [0.05, 0.1) is 33.8 Å². The van der Waals surface area contributed by atoms with Gasteiger partial charge in [0, 0.05) is 75.3 Å². The van der Waals surface area contributed by atoms with Crippen LogP contribution in [0.3, 0.4) is 0 Å². The third-order valence-electron chi connectivity index (χ3n) is 11.9. The number of fused-ring (bicyclic) bond motifs is 1. The lowest BCUT2D eigenvalue weighted by molar-refractivity contribution is -0.384. The average Bonchev–Trinajstić information content (AvgIpc) is 3.74. The minimum Gasteiger partial charge on any atom is -0.456 e. The molecule has 0 unspecified atom stereocenters. The van der Waals surface area contributed by atoms with E-state index in [0.717, 1.165) is 87.8 Å². The number of halogens is 1. The molecule has 8 rings (SSSR count). The van der Waals surface area contributed by atoms with Crippen molar-refractivity contribution in [1.29, 1.82) is 0 Å². The summed E-state index contributed by atoms with van der Waals surface area (Å²) in [4.78, 5) is 33.5. The Balaban J connectivity index is 1.01. The SMILES string of the molecule is CC1(C)CCC(CN2CCN(c3ccc(C(=O)NS(=O)(=O)c4cnc(NCC5CCOCC5)c([N+](=O)[O-])c4)c(Oc4cccc5[nH]ncc45)c3)CC2)=C(c2ccc(Cl)cc2)C1. The Morgan fingerprint density at radius 2 is 1.80 bits per heavy atom. The first-order valence-corrected chi connectivity index (χ1v) is 22.4. The summed E-state index contributed by atoms with van der Waals surface area (Å²) in [7, 11) is -4.62. The molecule has 2 aromatic heterocycles. The molecular weight excluding hydrogens is 820 g/mol. The predicted molar refractivity (Wildman–Crippen MR) is 235 cm³/mol. The minimum atomic E-state index is -4.62. The van der Waals surface area contributed by atoms with E-state index in [4.69, 9.17) is 21.1 Å². The maximum Gasteiger partial charge on any atom is 0.312 e. The summed E-state index contributed by atoms with van der Waals surface area (Å²) in [5.41, 5.74) is 5.27. The molecule has 2 saturated heterocycles. The molecule has 15 nitrogen and oxygen atoms in total. The van der Waals surface area contributed by atoms with E-state index in [9.17, 15) is 23.3 Å². The summed E-state index contributed by atoms with van der Waals surface area (Å²) < 4.78 is 41.2. The molecule has 5 aromatic rings. The van der Waals surface area contributed by atoms with Crippen molar-refractivity contribution < 1.29 is 27.6 Å². The van der Waals surface area contributed by atoms with Crippen molar-refractivity contribution in [2.75, 3.05) is 62.7 Å². The molecule has 2 aliphatic heterocycles. The number of anilines is 2. The Morgan fingerprint density at radius 3 is 2.56 bits per heavy atom. The second-order valence-corrected chi connectivity index (χ2v) is 18.8. The molecule has 3 aliphatic rings. The number of carbonyl (C=O) groups is 1. The highest BCUT2D eigenvalue weighted by Crippen LogP contribution is 2.43. The average molecular weight is 869 g/mol. The molecule has 0 atom stereocenters. The maximum absolute atomic E-state index is 13.9. The molecule has 1 amide bonds. The van der Waals surface area contributed by atoms with Crippen LogP contribution in [-0.4, -0.2) is 91.8 Å². The molecule has 0 bridgehead atoms. The first-order chi connectivity index (χ1) is 29.3. The number of allylic oxidation sites excluding steroid dienone is 1. The molecule has 0 spiro atoms. The number of hydrogen-bond donors (Lipinski definition) is 3. The number of amides is 1. The van der Waals surface area contributed by atoms with E-state index >= 15 is 0 Å². The predicted octanol–water partition coefficient (Wildman–Crippen LogP) is 8.05. The number of pyridine rings is 1. The Hall–Kier alpha value is -5.55. The Kier molecular flexibility index (Phi) is 12.3. The number of benzene rings is 3. The zero-order valence-electron chi connectivity index (χ0n) is 34.2. The van der Waals surface area contributed by atoms with Crippen molar-refractivity contribution in [3.8, 4) is 11.5 Å². The lowest BCUT2D eigenvalue weighted by Crippen LogP contribution is -2.47. The van der Waals surface area contributed by atoms with Crippen molar-refractivity contribution in [3.05, 3.63) is 111 Å². The fraction of sp³-hybridized carbons (Fsp3) is 0.386. The highest BCUT2D eigenvalue weighted by atomic mass is 35.5. The highest BCUT2D eigenvalue weighted by Gasteiger charge is 2.31. The van der Waals surface area contributed by atoms with Crippen LogP contribution >= 0.6 is 11.6 Å². The Labute approximate surface area is 359 Å². The van der Waals surface area contributed by atoms with Crippen molar-refractivity contribution >= 4 is 61.2 Å².